The van der Waals surface area contributed by atoms with Crippen molar-refractivity contribution >= 4 is 5.97 Å². The quantitative estimate of drug-likeness (QED) is 0.236. The highest BCUT2D eigenvalue weighted by Gasteiger charge is 1.99. The van der Waals surface area contributed by atoms with Gasteiger partial charge in [-0.2, -0.15) is 0 Å². The van der Waals surface area contributed by atoms with Gasteiger partial charge in [-0.05, 0) is 19.3 Å². The van der Waals surface area contributed by atoms with E-state index in [-0.39, 0.29) is 5.97 Å². The largest absolute Gasteiger partial charge is 0.435 e. The van der Waals surface area contributed by atoms with E-state index in [0.717, 1.165) is 19.3 Å². The molecule has 0 spiro atoms. The van der Waals surface area contributed by atoms with Gasteiger partial charge in [-0.25, -0.2) is 0 Å². The number of carbonyl (C=O) groups excluding carboxylic acids is 1. The van der Waals surface area contributed by atoms with Crippen molar-refractivity contribution in [3.8, 4) is 0 Å². The van der Waals surface area contributed by atoms with Gasteiger partial charge in [0.2, 0.25) is 0 Å². The molecule has 0 saturated heterocycles. The predicted molar refractivity (Wildman–Crippen MR) is 63.4 cm³/mol. The van der Waals surface area contributed by atoms with Gasteiger partial charge >= 0.3 is 5.97 Å². The molecule has 0 heterocycles. The summed E-state index contributed by atoms with van der Waals surface area (Å²) in [5, 5.41) is 0. The summed E-state index contributed by atoms with van der Waals surface area (Å²) in [5.41, 5.74) is 0. The fourth-order valence-electron chi connectivity index (χ4n) is 1.42. The first kappa shape index (κ1) is 13.9. The van der Waals surface area contributed by atoms with Crippen LogP contribution in [0.15, 0.2) is 25.5 Å². The van der Waals surface area contributed by atoms with Crippen molar-refractivity contribution in [3.05, 3.63) is 25.5 Å². The number of ether oxygens (including phenoxy) is 1. The second-order valence-corrected chi connectivity index (χ2v) is 3.61. The number of esters is 1. The summed E-state index contributed by atoms with van der Waals surface area (Å²) in [4.78, 5) is 10.9. The molecule has 0 amide bonds. The lowest BCUT2D eigenvalue weighted by Crippen LogP contribution is -1.98. The van der Waals surface area contributed by atoms with Crippen LogP contribution in [0, 0.1) is 0 Å². The summed E-state index contributed by atoms with van der Waals surface area (Å²) in [6.45, 7) is 7.02. The zero-order chi connectivity index (χ0) is 11.4. The summed E-state index contributed by atoms with van der Waals surface area (Å²) in [5.74, 6) is -0.170. The van der Waals surface area contributed by atoms with Gasteiger partial charge in [-0.3, -0.25) is 4.79 Å². The molecule has 0 aromatic rings. The Labute approximate surface area is 93.0 Å². The smallest absolute Gasteiger partial charge is 0.310 e. The van der Waals surface area contributed by atoms with Crippen LogP contribution in [0.5, 0.6) is 0 Å². The summed E-state index contributed by atoms with van der Waals surface area (Å²) in [6, 6.07) is 0. The molecular weight excluding hydrogens is 188 g/mol. The molecule has 2 nitrogen and oxygen atoms in total. The summed E-state index contributed by atoms with van der Waals surface area (Å²) < 4.78 is 4.62. The number of hydrogen-bond acceptors (Lipinski definition) is 2. The molecule has 0 bridgehead atoms. The van der Waals surface area contributed by atoms with E-state index in [2.05, 4.69) is 17.9 Å². The average molecular weight is 210 g/mol. The van der Waals surface area contributed by atoms with Crippen LogP contribution in [0.25, 0.3) is 0 Å². The lowest BCUT2D eigenvalue weighted by Gasteiger charge is -2.00. The molecule has 0 aliphatic heterocycles. The zero-order valence-corrected chi connectivity index (χ0v) is 9.54. The SMILES string of the molecule is C=CCCCCCCCCC(=O)OC=C. The van der Waals surface area contributed by atoms with Gasteiger partial charge in [0.25, 0.3) is 0 Å². The molecule has 0 unspecified atom stereocenters. The van der Waals surface area contributed by atoms with Crippen molar-refractivity contribution in [2.75, 3.05) is 0 Å². The number of rotatable bonds is 10. The van der Waals surface area contributed by atoms with Crippen LogP contribution in [0.3, 0.4) is 0 Å². The van der Waals surface area contributed by atoms with Gasteiger partial charge in [0.1, 0.15) is 0 Å². The summed E-state index contributed by atoms with van der Waals surface area (Å²) >= 11 is 0. The lowest BCUT2D eigenvalue weighted by molar-refractivity contribution is -0.138. The van der Waals surface area contributed by atoms with Gasteiger partial charge in [0.05, 0.1) is 6.26 Å². The molecule has 0 N–H and O–H groups in total. The Balaban J connectivity index is 3.07. The minimum atomic E-state index is -0.170. The Bertz CT molecular complexity index is 185. The molecule has 0 atom stereocenters. The van der Waals surface area contributed by atoms with Crippen LogP contribution in [0.2, 0.25) is 0 Å². The fourth-order valence-corrected chi connectivity index (χ4v) is 1.42. The molecule has 0 saturated carbocycles. The predicted octanol–water partition coefficient (Wildman–Crippen LogP) is 3.98. The normalized spacial score (nSPS) is 9.60. The summed E-state index contributed by atoms with van der Waals surface area (Å²) in [6.07, 6.45) is 11.8. The van der Waals surface area contributed by atoms with Gasteiger partial charge < -0.3 is 4.74 Å². The Kier molecular flexibility index (Phi) is 10.3. The van der Waals surface area contributed by atoms with E-state index in [4.69, 9.17) is 0 Å². The topological polar surface area (TPSA) is 26.3 Å². The van der Waals surface area contributed by atoms with Crippen molar-refractivity contribution < 1.29 is 9.53 Å². The van der Waals surface area contributed by atoms with E-state index in [1.165, 1.54) is 31.9 Å². The van der Waals surface area contributed by atoms with Gasteiger partial charge in [0, 0.05) is 6.42 Å². The first-order valence-corrected chi connectivity index (χ1v) is 5.72. The molecule has 0 aliphatic carbocycles. The van der Waals surface area contributed by atoms with Crippen LogP contribution in [-0.4, -0.2) is 5.97 Å². The van der Waals surface area contributed by atoms with Crippen molar-refractivity contribution in [1.82, 2.24) is 0 Å². The Morgan fingerprint density at radius 3 is 2.20 bits per heavy atom. The number of hydrogen-bond donors (Lipinski definition) is 0. The standard InChI is InChI=1S/C13H22O2/c1-3-5-6-7-8-9-10-11-12-13(14)15-4-2/h3-4H,1-2,5-12H2. The summed E-state index contributed by atoms with van der Waals surface area (Å²) in [7, 11) is 0. The molecule has 2 heteroatoms. The maximum atomic E-state index is 10.9. The minimum absolute atomic E-state index is 0.170. The fraction of sp³-hybridized carbons (Fsp3) is 0.615. The third-order valence-corrected chi connectivity index (χ3v) is 2.25. The second-order valence-electron chi connectivity index (χ2n) is 3.61. The minimum Gasteiger partial charge on any atom is -0.435 e. The third-order valence-electron chi connectivity index (χ3n) is 2.25. The Morgan fingerprint density at radius 2 is 1.60 bits per heavy atom. The number of carbonyl (C=O) groups is 1. The highest BCUT2D eigenvalue weighted by molar-refractivity contribution is 5.69. The monoisotopic (exact) mass is 210 g/mol. The van der Waals surface area contributed by atoms with E-state index in [9.17, 15) is 4.79 Å². The van der Waals surface area contributed by atoms with Crippen LogP contribution >= 0.6 is 0 Å². The molecule has 0 fully saturated rings. The first-order valence-electron chi connectivity index (χ1n) is 5.72. The van der Waals surface area contributed by atoms with E-state index >= 15 is 0 Å². The van der Waals surface area contributed by atoms with Crippen molar-refractivity contribution in [2.45, 2.75) is 51.4 Å². The zero-order valence-electron chi connectivity index (χ0n) is 9.54. The van der Waals surface area contributed by atoms with Crippen LogP contribution in [0.1, 0.15) is 51.4 Å². The first-order chi connectivity index (χ1) is 7.31. The molecular formula is C13H22O2. The average Bonchev–Trinajstić information content (AvgIpc) is 2.22. The Hall–Kier alpha value is -1.05. The molecule has 0 aliphatic rings. The lowest BCUT2D eigenvalue weighted by atomic mass is 10.1. The molecule has 0 rings (SSSR count). The van der Waals surface area contributed by atoms with Crippen molar-refractivity contribution in [1.29, 1.82) is 0 Å². The van der Waals surface area contributed by atoms with E-state index < -0.39 is 0 Å². The number of allylic oxidation sites excluding steroid dienone is 1. The van der Waals surface area contributed by atoms with Crippen molar-refractivity contribution in [3.63, 3.8) is 0 Å². The van der Waals surface area contributed by atoms with Crippen LogP contribution < -0.4 is 0 Å². The third kappa shape index (κ3) is 10.9. The van der Waals surface area contributed by atoms with Gasteiger partial charge in [-0.15, -0.1) is 6.58 Å². The molecule has 86 valence electrons. The highest BCUT2D eigenvalue weighted by Crippen LogP contribution is 2.09. The second kappa shape index (κ2) is 11.0. The van der Waals surface area contributed by atoms with E-state index in [0.29, 0.717) is 6.42 Å². The van der Waals surface area contributed by atoms with Gasteiger partial charge in [-0.1, -0.05) is 38.3 Å². The molecule has 0 radical (unpaired) electrons. The molecule has 15 heavy (non-hydrogen) atoms. The molecule has 0 aromatic heterocycles. The maximum absolute atomic E-state index is 10.9. The van der Waals surface area contributed by atoms with Gasteiger partial charge in [0.15, 0.2) is 0 Å². The molecule has 0 aromatic carbocycles. The Morgan fingerprint density at radius 1 is 1.00 bits per heavy atom. The van der Waals surface area contributed by atoms with Crippen molar-refractivity contribution in [2.24, 2.45) is 0 Å². The number of unbranched alkanes of at least 4 members (excludes halogenated alkanes) is 6. The van der Waals surface area contributed by atoms with Crippen LogP contribution in [-0.2, 0) is 9.53 Å². The van der Waals surface area contributed by atoms with E-state index in [1.807, 2.05) is 6.08 Å². The van der Waals surface area contributed by atoms with E-state index in [1.54, 1.807) is 0 Å². The highest BCUT2D eigenvalue weighted by atomic mass is 16.5. The maximum Gasteiger partial charge on any atom is 0.310 e. The van der Waals surface area contributed by atoms with Crippen LogP contribution in [0.4, 0.5) is 0 Å².